The van der Waals surface area contributed by atoms with E-state index in [0.29, 0.717) is 6.54 Å². The third kappa shape index (κ3) is 2.68. The van der Waals surface area contributed by atoms with Crippen molar-refractivity contribution < 1.29 is 9.59 Å². The highest BCUT2D eigenvalue weighted by atomic mass is 32.1. The van der Waals surface area contributed by atoms with Gasteiger partial charge in [-0.05, 0) is 11.4 Å². The Morgan fingerprint density at radius 3 is 2.69 bits per heavy atom. The van der Waals surface area contributed by atoms with Crippen LogP contribution in [0.2, 0.25) is 0 Å². The van der Waals surface area contributed by atoms with Gasteiger partial charge in [0, 0.05) is 26.2 Å². The zero-order valence-electron chi connectivity index (χ0n) is 8.96. The fourth-order valence-corrected chi connectivity index (χ4v) is 2.40. The number of Topliss-reactive ketones (excluding diaryl/α,β-unsaturated/α-hetero) is 1. The molecule has 1 fully saturated rings. The van der Waals surface area contributed by atoms with E-state index in [1.807, 2.05) is 17.5 Å². The molecule has 1 aliphatic heterocycles. The van der Waals surface area contributed by atoms with E-state index < -0.39 is 0 Å². The molecule has 16 heavy (non-hydrogen) atoms. The van der Waals surface area contributed by atoms with E-state index in [9.17, 15) is 9.59 Å². The number of nitrogens with zero attached hydrogens (tertiary/aromatic N) is 2. The van der Waals surface area contributed by atoms with E-state index >= 15 is 0 Å². The molecular weight excluding hydrogens is 224 g/mol. The highest BCUT2D eigenvalue weighted by molar-refractivity contribution is 7.12. The SMILES string of the molecule is O=CN1CCN(CC(=O)c2cccs2)CC1. The molecular formula is C11H14N2O2S. The molecule has 4 nitrogen and oxygen atoms in total. The Hall–Kier alpha value is -1.20. The van der Waals surface area contributed by atoms with Gasteiger partial charge in [0.1, 0.15) is 0 Å². The second kappa shape index (κ2) is 5.23. The lowest BCUT2D eigenvalue weighted by molar-refractivity contribution is -0.119. The number of carbonyl (C=O) groups is 2. The molecule has 1 aliphatic rings. The van der Waals surface area contributed by atoms with Crippen molar-refractivity contribution >= 4 is 23.5 Å². The Bertz CT molecular complexity index is 356. The molecule has 1 aromatic rings. The first-order valence-electron chi connectivity index (χ1n) is 5.28. The van der Waals surface area contributed by atoms with Crippen molar-refractivity contribution in [1.29, 1.82) is 0 Å². The summed E-state index contributed by atoms with van der Waals surface area (Å²) in [5, 5.41) is 1.91. The molecule has 86 valence electrons. The molecule has 1 amide bonds. The van der Waals surface area contributed by atoms with Gasteiger partial charge in [0.05, 0.1) is 11.4 Å². The largest absolute Gasteiger partial charge is 0.343 e. The van der Waals surface area contributed by atoms with Crippen molar-refractivity contribution in [3.05, 3.63) is 22.4 Å². The zero-order chi connectivity index (χ0) is 11.4. The average Bonchev–Trinajstić information content (AvgIpc) is 2.83. The lowest BCUT2D eigenvalue weighted by Crippen LogP contribution is -2.47. The maximum Gasteiger partial charge on any atom is 0.209 e. The second-order valence-corrected chi connectivity index (χ2v) is 4.77. The predicted molar refractivity (Wildman–Crippen MR) is 62.7 cm³/mol. The van der Waals surface area contributed by atoms with Crippen molar-refractivity contribution in [3.8, 4) is 0 Å². The first-order valence-corrected chi connectivity index (χ1v) is 6.16. The predicted octanol–water partition coefficient (Wildman–Crippen LogP) is 0.705. The summed E-state index contributed by atoms with van der Waals surface area (Å²) in [7, 11) is 0. The smallest absolute Gasteiger partial charge is 0.209 e. The summed E-state index contributed by atoms with van der Waals surface area (Å²) in [4.78, 5) is 27.0. The quantitative estimate of drug-likeness (QED) is 0.573. The maximum absolute atomic E-state index is 11.8. The second-order valence-electron chi connectivity index (χ2n) is 3.82. The summed E-state index contributed by atoms with van der Waals surface area (Å²) in [6.07, 6.45) is 0.873. The van der Waals surface area contributed by atoms with Crippen LogP contribution in [-0.2, 0) is 4.79 Å². The van der Waals surface area contributed by atoms with Crippen LogP contribution in [0.5, 0.6) is 0 Å². The number of hydrogen-bond donors (Lipinski definition) is 0. The number of ketones is 1. The van der Waals surface area contributed by atoms with Gasteiger partial charge in [0.15, 0.2) is 5.78 Å². The molecule has 1 saturated heterocycles. The maximum atomic E-state index is 11.8. The Balaban J connectivity index is 1.83. The monoisotopic (exact) mass is 238 g/mol. The van der Waals surface area contributed by atoms with Crippen molar-refractivity contribution in [2.75, 3.05) is 32.7 Å². The third-order valence-electron chi connectivity index (χ3n) is 2.72. The molecule has 0 atom stereocenters. The number of thiophene rings is 1. The number of rotatable bonds is 4. The summed E-state index contributed by atoms with van der Waals surface area (Å²) in [6.45, 7) is 3.49. The van der Waals surface area contributed by atoms with Crippen LogP contribution in [0.3, 0.4) is 0 Å². The average molecular weight is 238 g/mol. The van der Waals surface area contributed by atoms with Crippen molar-refractivity contribution in [1.82, 2.24) is 9.80 Å². The first kappa shape index (κ1) is 11.3. The first-order chi connectivity index (χ1) is 7.79. The van der Waals surface area contributed by atoms with E-state index in [0.717, 1.165) is 37.5 Å². The normalized spacial score (nSPS) is 17.4. The fraction of sp³-hybridized carbons (Fsp3) is 0.455. The zero-order valence-corrected chi connectivity index (χ0v) is 9.78. The Morgan fingerprint density at radius 2 is 2.12 bits per heavy atom. The molecule has 0 aromatic carbocycles. The summed E-state index contributed by atoms with van der Waals surface area (Å²) in [6, 6.07) is 3.75. The van der Waals surface area contributed by atoms with Crippen LogP contribution >= 0.6 is 11.3 Å². The minimum atomic E-state index is 0.176. The van der Waals surface area contributed by atoms with Gasteiger partial charge in [-0.1, -0.05) is 6.07 Å². The van der Waals surface area contributed by atoms with Gasteiger partial charge >= 0.3 is 0 Å². The summed E-state index contributed by atoms with van der Waals surface area (Å²) < 4.78 is 0. The standard InChI is InChI=1S/C11H14N2O2S/c14-9-13-5-3-12(4-6-13)8-10(15)11-2-1-7-16-11/h1-2,7,9H,3-6,8H2. The van der Waals surface area contributed by atoms with Crippen molar-refractivity contribution in [3.63, 3.8) is 0 Å². The van der Waals surface area contributed by atoms with E-state index in [4.69, 9.17) is 0 Å². The van der Waals surface area contributed by atoms with Crippen LogP contribution in [0.15, 0.2) is 17.5 Å². The van der Waals surface area contributed by atoms with Gasteiger partial charge in [0.25, 0.3) is 0 Å². The molecule has 0 unspecified atom stereocenters. The number of amides is 1. The van der Waals surface area contributed by atoms with Crippen LogP contribution in [0, 0.1) is 0 Å². The van der Waals surface area contributed by atoms with Gasteiger partial charge < -0.3 is 4.90 Å². The van der Waals surface area contributed by atoms with E-state index in [-0.39, 0.29) is 5.78 Å². The van der Waals surface area contributed by atoms with E-state index in [2.05, 4.69) is 4.90 Å². The topological polar surface area (TPSA) is 40.6 Å². The number of carbonyl (C=O) groups excluding carboxylic acids is 2. The summed E-state index contributed by atoms with van der Waals surface area (Å²) >= 11 is 1.48. The molecule has 0 bridgehead atoms. The number of hydrogen-bond acceptors (Lipinski definition) is 4. The minimum Gasteiger partial charge on any atom is -0.343 e. The lowest BCUT2D eigenvalue weighted by atomic mass is 10.2. The van der Waals surface area contributed by atoms with Gasteiger partial charge in [-0.15, -0.1) is 11.3 Å². The minimum absolute atomic E-state index is 0.176. The molecule has 2 heterocycles. The Kier molecular flexibility index (Phi) is 3.69. The van der Waals surface area contributed by atoms with Gasteiger partial charge in [-0.2, -0.15) is 0 Å². The third-order valence-corrected chi connectivity index (χ3v) is 3.63. The molecule has 2 rings (SSSR count). The number of piperazine rings is 1. The summed E-state index contributed by atoms with van der Waals surface area (Å²) in [5.41, 5.74) is 0. The van der Waals surface area contributed by atoms with E-state index in [1.54, 1.807) is 4.90 Å². The Morgan fingerprint density at radius 1 is 1.38 bits per heavy atom. The van der Waals surface area contributed by atoms with Crippen LogP contribution in [0.1, 0.15) is 9.67 Å². The molecule has 0 saturated carbocycles. The summed E-state index contributed by atoms with van der Waals surface area (Å²) in [5.74, 6) is 0.176. The fourth-order valence-electron chi connectivity index (χ4n) is 1.75. The molecule has 5 heteroatoms. The Labute approximate surface area is 98.5 Å². The molecule has 0 spiro atoms. The van der Waals surface area contributed by atoms with Crippen LogP contribution < -0.4 is 0 Å². The van der Waals surface area contributed by atoms with Crippen LogP contribution in [0.4, 0.5) is 0 Å². The van der Waals surface area contributed by atoms with Gasteiger partial charge in [-0.3, -0.25) is 14.5 Å². The van der Waals surface area contributed by atoms with Gasteiger partial charge in [-0.25, -0.2) is 0 Å². The van der Waals surface area contributed by atoms with E-state index in [1.165, 1.54) is 11.3 Å². The van der Waals surface area contributed by atoms with Gasteiger partial charge in [0.2, 0.25) is 6.41 Å². The van der Waals surface area contributed by atoms with Crippen LogP contribution in [-0.4, -0.2) is 54.7 Å². The highest BCUT2D eigenvalue weighted by Gasteiger charge is 2.18. The molecule has 0 radical (unpaired) electrons. The highest BCUT2D eigenvalue weighted by Crippen LogP contribution is 2.10. The molecule has 1 aromatic heterocycles. The van der Waals surface area contributed by atoms with Crippen LogP contribution in [0.25, 0.3) is 0 Å². The van der Waals surface area contributed by atoms with Crippen molar-refractivity contribution in [2.45, 2.75) is 0 Å². The van der Waals surface area contributed by atoms with Crippen molar-refractivity contribution in [2.24, 2.45) is 0 Å². The molecule has 0 N–H and O–H groups in total. The molecule has 0 aliphatic carbocycles. The lowest BCUT2D eigenvalue weighted by Gasteiger charge is -2.31.